The molecule has 2 aliphatic heterocycles. The molecule has 2 fully saturated rings. The monoisotopic (exact) mass is 477 g/mol. The quantitative estimate of drug-likeness (QED) is 0.591. The van der Waals surface area contributed by atoms with Gasteiger partial charge < -0.3 is 26.0 Å². The Kier molecular flexibility index (Phi) is 6.71. The number of piperidine rings is 1. The van der Waals surface area contributed by atoms with E-state index in [0.29, 0.717) is 22.3 Å². The minimum atomic E-state index is -0.510. The number of thiophene rings is 1. The van der Waals surface area contributed by atoms with E-state index in [1.54, 1.807) is 17.0 Å². The summed E-state index contributed by atoms with van der Waals surface area (Å²) >= 11 is 7.06. The second-order valence-corrected chi connectivity index (χ2v) is 9.46. The number of primary amides is 1. The zero-order valence-electron chi connectivity index (χ0n) is 17.3. The lowest BCUT2D eigenvalue weighted by Crippen LogP contribution is -2.49. The molecule has 2 unspecified atom stereocenters. The molecule has 170 valence electrons. The van der Waals surface area contributed by atoms with Crippen molar-refractivity contribution in [2.45, 2.75) is 25.0 Å². The van der Waals surface area contributed by atoms with Crippen molar-refractivity contribution in [3.63, 3.8) is 0 Å². The Labute approximate surface area is 194 Å². The fraction of sp³-hybridized carbons (Fsp3) is 0.381. The molecular weight excluding hydrogens is 454 g/mol. The molecule has 32 heavy (non-hydrogen) atoms. The fourth-order valence-electron chi connectivity index (χ4n) is 3.94. The van der Waals surface area contributed by atoms with Gasteiger partial charge in [0.25, 0.3) is 5.91 Å². The number of cyclic esters (lactones) is 1. The highest BCUT2D eigenvalue weighted by molar-refractivity contribution is 7.18. The van der Waals surface area contributed by atoms with Crippen LogP contribution in [0.4, 0.5) is 21.0 Å². The van der Waals surface area contributed by atoms with Gasteiger partial charge in [0.05, 0.1) is 22.3 Å². The van der Waals surface area contributed by atoms with Gasteiger partial charge in [-0.25, -0.2) is 9.59 Å². The van der Waals surface area contributed by atoms with Crippen LogP contribution in [0.25, 0.3) is 0 Å². The molecule has 9 nitrogen and oxygen atoms in total. The first-order chi connectivity index (χ1) is 15.4. The second kappa shape index (κ2) is 9.66. The SMILES string of the molecule is NC(=O)NC1CCCN(c2ccc(N3CC(CNC(=O)c4ccc(Cl)s4)OC3=O)cc2)C1. The molecular formula is C21H24ClN5O4S. The van der Waals surface area contributed by atoms with Crippen molar-refractivity contribution in [3.8, 4) is 0 Å². The number of hydrogen-bond acceptors (Lipinski definition) is 6. The van der Waals surface area contributed by atoms with Gasteiger partial charge in [0.2, 0.25) is 0 Å². The van der Waals surface area contributed by atoms with Crippen LogP contribution in [0.5, 0.6) is 0 Å². The number of ether oxygens (including phenoxy) is 1. The van der Waals surface area contributed by atoms with Crippen LogP contribution >= 0.6 is 22.9 Å². The average Bonchev–Trinajstić information content (AvgIpc) is 3.37. The molecule has 0 bridgehead atoms. The van der Waals surface area contributed by atoms with Gasteiger partial charge in [-0.3, -0.25) is 9.69 Å². The molecule has 4 rings (SSSR count). The van der Waals surface area contributed by atoms with E-state index in [9.17, 15) is 14.4 Å². The third-order valence-corrected chi connectivity index (χ3v) is 6.69. The number of anilines is 2. The number of urea groups is 1. The van der Waals surface area contributed by atoms with E-state index < -0.39 is 18.2 Å². The molecule has 3 heterocycles. The summed E-state index contributed by atoms with van der Waals surface area (Å²) in [6, 6.07) is 10.5. The number of nitrogens with zero attached hydrogens (tertiary/aromatic N) is 2. The smallest absolute Gasteiger partial charge is 0.414 e. The number of carbonyl (C=O) groups excluding carboxylic acids is 3. The first-order valence-corrected chi connectivity index (χ1v) is 11.5. The van der Waals surface area contributed by atoms with Crippen molar-refractivity contribution in [3.05, 3.63) is 45.6 Å². The second-order valence-electron chi connectivity index (χ2n) is 7.74. The number of rotatable bonds is 6. The third-order valence-electron chi connectivity index (χ3n) is 5.46. The number of amides is 4. The maximum Gasteiger partial charge on any atom is 0.414 e. The van der Waals surface area contributed by atoms with E-state index in [0.717, 1.165) is 30.8 Å². The molecule has 2 aliphatic rings. The Bertz CT molecular complexity index is 998. The van der Waals surface area contributed by atoms with Gasteiger partial charge in [0, 0.05) is 30.5 Å². The Morgan fingerprint density at radius 2 is 1.91 bits per heavy atom. The van der Waals surface area contributed by atoms with E-state index >= 15 is 0 Å². The highest BCUT2D eigenvalue weighted by Gasteiger charge is 2.33. The number of hydrogen-bond donors (Lipinski definition) is 3. The molecule has 4 N–H and O–H groups in total. The highest BCUT2D eigenvalue weighted by Crippen LogP contribution is 2.27. The van der Waals surface area contributed by atoms with Crippen LogP contribution in [0.2, 0.25) is 4.34 Å². The fourth-order valence-corrected chi connectivity index (χ4v) is 4.90. The first-order valence-electron chi connectivity index (χ1n) is 10.3. The molecule has 0 saturated carbocycles. The Morgan fingerprint density at radius 1 is 1.16 bits per heavy atom. The summed E-state index contributed by atoms with van der Waals surface area (Å²) < 4.78 is 5.95. The van der Waals surface area contributed by atoms with Crippen LogP contribution in [-0.4, -0.2) is 56.4 Å². The lowest BCUT2D eigenvalue weighted by atomic mass is 10.0. The molecule has 11 heteroatoms. The first kappa shape index (κ1) is 22.2. The molecule has 2 saturated heterocycles. The van der Waals surface area contributed by atoms with Crippen molar-refractivity contribution >= 4 is 52.3 Å². The van der Waals surface area contributed by atoms with Gasteiger partial charge in [-0.15, -0.1) is 11.3 Å². The molecule has 1 aromatic carbocycles. The molecule has 1 aromatic heterocycles. The van der Waals surface area contributed by atoms with Gasteiger partial charge in [0.1, 0.15) is 6.10 Å². The predicted molar refractivity (Wildman–Crippen MR) is 124 cm³/mol. The molecule has 0 radical (unpaired) electrons. The van der Waals surface area contributed by atoms with Crippen LogP contribution in [0, 0.1) is 0 Å². The zero-order chi connectivity index (χ0) is 22.7. The van der Waals surface area contributed by atoms with Crippen LogP contribution in [0.3, 0.4) is 0 Å². The Hall–Kier alpha value is -2.98. The third kappa shape index (κ3) is 5.25. The lowest BCUT2D eigenvalue weighted by Gasteiger charge is -2.34. The summed E-state index contributed by atoms with van der Waals surface area (Å²) in [7, 11) is 0. The van der Waals surface area contributed by atoms with Gasteiger partial charge >= 0.3 is 12.1 Å². The molecule has 2 aromatic rings. The molecule has 0 spiro atoms. The van der Waals surface area contributed by atoms with Crippen LogP contribution in [-0.2, 0) is 4.74 Å². The maximum atomic E-state index is 12.3. The number of halogens is 1. The lowest BCUT2D eigenvalue weighted by molar-refractivity contribution is 0.0920. The van der Waals surface area contributed by atoms with E-state index in [-0.39, 0.29) is 18.5 Å². The topological polar surface area (TPSA) is 117 Å². The summed E-state index contributed by atoms with van der Waals surface area (Å²) in [5.74, 6) is -0.244. The largest absolute Gasteiger partial charge is 0.442 e. The van der Waals surface area contributed by atoms with Crippen molar-refractivity contribution < 1.29 is 19.1 Å². The standard InChI is InChI=1S/C21H24ClN5O4S/c22-18-8-7-17(32-18)19(28)24-10-16-12-27(21(30)31-16)15-5-3-14(4-6-15)26-9-1-2-13(11-26)25-20(23)29/h3-8,13,16H,1-2,9-12H2,(H,24,28)(H3,23,25,29). The molecule has 2 atom stereocenters. The normalized spacial score (nSPS) is 20.7. The summed E-state index contributed by atoms with van der Waals surface area (Å²) in [4.78, 5) is 39.9. The van der Waals surface area contributed by atoms with Crippen molar-refractivity contribution in [2.24, 2.45) is 5.73 Å². The van der Waals surface area contributed by atoms with E-state index in [1.807, 2.05) is 24.3 Å². The van der Waals surface area contributed by atoms with E-state index in [2.05, 4.69) is 15.5 Å². The number of nitrogens with one attached hydrogen (secondary N) is 2. The van der Waals surface area contributed by atoms with E-state index in [1.165, 1.54) is 11.3 Å². The van der Waals surface area contributed by atoms with Gasteiger partial charge in [-0.1, -0.05) is 11.6 Å². The molecule has 4 amide bonds. The minimum absolute atomic E-state index is 0.0238. The summed E-state index contributed by atoms with van der Waals surface area (Å²) in [5.41, 5.74) is 6.98. The number of carbonyl (C=O) groups is 3. The van der Waals surface area contributed by atoms with Gasteiger partial charge in [-0.2, -0.15) is 0 Å². The van der Waals surface area contributed by atoms with Crippen LogP contribution in [0.1, 0.15) is 22.5 Å². The van der Waals surface area contributed by atoms with Crippen LogP contribution in [0.15, 0.2) is 36.4 Å². The predicted octanol–water partition coefficient (Wildman–Crippen LogP) is 2.79. The van der Waals surface area contributed by atoms with Crippen molar-refractivity contribution in [1.29, 1.82) is 0 Å². The summed E-state index contributed by atoms with van der Waals surface area (Å²) in [6.07, 6.45) is 0.967. The van der Waals surface area contributed by atoms with Gasteiger partial charge in [-0.05, 0) is 49.2 Å². The summed E-state index contributed by atoms with van der Waals surface area (Å²) in [6.45, 7) is 2.14. The number of nitrogens with two attached hydrogens (primary N) is 1. The zero-order valence-corrected chi connectivity index (χ0v) is 18.8. The number of benzene rings is 1. The van der Waals surface area contributed by atoms with E-state index in [4.69, 9.17) is 22.1 Å². The Morgan fingerprint density at radius 3 is 2.59 bits per heavy atom. The average molecular weight is 478 g/mol. The molecule has 0 aliphatic carbocycles. The minimum Gasteiger partial charge on any atom is -0.442 e. The van der Waals surface area contributed by atoms with Crippen molar-refractivity contribution in [2.75, 3.05) is 36.0 Å². The van der Waals surface area contributed by atoms with Crippen molar-refractivity contribution in [1.82, 2.24) is 10.6 Å². The summed E-state index contributed by atoms with van der Waals surface area (Å²) in [5, 5.41) is 5.55. The maximum absolute atomic E-state index is 12.3. The van der Waals surface area contributed by atoms with Crippen LogP contribution < -0.4 is 26.2 Å². The highest BCUT2D eigenvalue weighted by atomic mass is 35.5. The van der Waals surface area contributed by atoms with Gasteiger partial charge in [0.15, 0.2) is 0 Å². The Balaban J connectivity index is 1.32.